The van der Waals surface area contributed by atoms with E-state index in [-0.39, 0.29) is 11.4 Å². The summed E-state index contributed by atoms with van der Waals surface area (Å²) in [7, 11) is 0. The molecule has 1 aliphatic rings. The molecule has 1 fully saturated rings. The Balaban J connectivity index is 1.61. The summed E-state index contributed by atoms with van der Waals surface area (Å²) in [5.74, 6) is -1.09. The number of furan rings is 1. The summed E-state index contributed by atoms with van der Waals surface area (Å²) in [6.45, 7) is 1.92. The Kier molecular flexibility index (Phi) is 4.53. The molecule has 148 valence electrons. The maximum atomic E-state index is 14.9. The largest absolute Gasteiger partial charge is 0.456 e. The van der Waals surface area contributed by atoms with Crippen molar-refractivity contribution >= 4 is 21.7 Å². The number of piperidine rings is 1. The number of halogens is 2. The standard InChI is InChI=1S/C23H21F2N3O/c24-22-15(13-28-7-5-16(26)6-8-28)9-17-18(11-27-12-19(17)23(22)25)21-10-14-3-1-2-4-20(14)29-21/h1-4,9-12,16H,5-8,13,26H2. The van der Waals surface area contributed by atoms with Crippen LogP contribution in [0.3, 0.4) is 0 Å². The quantitative estimate of drug-likeness (QED) is 0.541. The highest BCUT2D eigenvalue weighted by atomic mass is 19.2. The summed E-state index contributed by atoms with van der Waals surface area (Å²) in [6, 6.07) is 11.5. The third-order valence-electron chi connectivity index (χ3n) is 5.73. The number of para-hydroxylation sites is 1. The lowest BCUT2D eigenvalue weighted by Crippen LogP contribution is -2.39. The number of likely N-dealkylation sites (tertiary alicyclic amines) is 1. The molecular weight excluding hydrogens is 372 g/mol. The van der Waals surface area contributed by atoms with Crippen LogP contribution < -0.4 is 5.73 Å². The van der Waals surface area contributed by atoms with Crippen LogP contribution in [0.2, 0.25) is 0 Å². The van der Waals surface area contributed by atoms with Crippen LogP contribution in [0.4, 0.5) is 8.78 Å². The molecule has 0 spiro atoms. The van der Waals surface area contributed by atoms with Crippen LogP contribution >= 0.6 is 0 Å². The van der Waals surface area contributed by atoms with E-state index < -0.39 is 11.6 Å². The predicted octanol–water partition coefficient (Wildman–Crippen LogP) is 4.85. The number of nitrogens with two attached hydrogens (primary N) is 1. The number of hydrogen-bond acceptors (Lipinski definition) is 4. The zero-order chi connectivity index (χ0) is 20.0. The topological polar surface area (TPSA) is 55.3 Å². The molecule has 1 aliphatic heterocycles. The fraction of sp³-hybridized carbons (Fsp3) is 0.261. The van der Waals surface area contributed by atoms with Crippen molar-refractivity contribution in [1.29, 1.82) is 0 Å². The molecule has 3 heterocycles. The number of hydrogen-bond donors (Lipinski definition) is 1. The van der Waals surface area contributed by atoms with E-state index in [0.717, 1.165) is 36.9 Å². The van der Waals surface area contributed by atoms with Crippen molar-refractivity contribution in [1.82, 2.24) is 9.88 Å². The second-order valence-electron chi connectivity index (χ2n) is 7.71. The Labute approximate surface area is 166 Å². The van der Waals surface area contributed by atoms with Gasteiger partial charge < -0.3 is 10.2 Å². The van der Waals surface area contributed by atoms with Crippen LogP contribution in [0.1, 0.15) is 18.4 Å². The van der Waals surface area contributed by atoms with Gasteiger partial charge in [0.1, 0.15) is 11.3 Å². The molecule has 2 aromatic carbocycles. The fourth-order valence-corrected chi connectivity index (χ4v) is 4.08. The predicted molar refractivity (Wildman–Crippen MR) is 109 cm³/mol. The van der Waals surface area contributed by atoms with E-state index in [4.69, 9.17) is 10.2 Å². The van der Waals surface area contributed by atoms with E-state index in [1.165, 1.54) is 6.20 Å². The summed E-state index contributed by atoms with van der Waals surface area (Å²) in [4.78, 5) is 6.24. The first kappa shape index (κ1) is 18.2. The average molecular weight is 393 g/mol. The summed E-state index contributed by atoms with van der Waals surface area (Å²) < 4.78 is 35.6. The highest BCUT2D eigenvalue weighted by molar-refractivity contribution is 5.97. The van der Waals surface area contributed by atoms with E-state index in [1.807, 2.05) is 30.3 Å². The minimum absolute atomic E-state index is 0.157. The number of nitrogens with zero attached hydrogens (tertiary/aromatic N) is 2. The van der Waals surface area contributed by atoms with Crippen molar-refractivity contribution in [3.63, 3.8) is 0 Å². The van der Waals surface area contributed by atoms with Gasteiger partial charge in [0.25, 0.3) is 0 Å². The first-order valence-electron chi connectivity index (χ1n) is 9.81. The van der Waals surface area contributed by atoms with Gasteiger partial charge in [-0.05, 0) is 49.5 Å². The van der Waals surface area contributed by atoms with E-state index >= 15 is 0 Å². The van der Waals surface area contributed by atoms with Crippen molar-refractivity contribution in [2.45, 2.75) is 25.4 Å². The second kappa shape index (κ2) is 7.21. The van der Waals surface area contributed by atoms with Crippen LogP contribution in [-0.4, -0.2) is 29.0 Å². The van der Waals surface area contributed by atoms with Gasteiger partial charge in [0.05, 0.1) is 0 Å². The van der Waals surface area contributed by atoms with Gasteiger partial charge in [-0.15, -0.1) is 0 Å². The first-order valence-corrected chi connectivity index (χ1v) is 9.81. The molecule has 0 radical (unpaired) electrons. The Morgan fingerprint density at radius 1 is 1.03 bits per heavy atom. The summed E-state index contributed by atoms with van der Waals surface area (Å²) in [5, 5.41) is 1.71. The number of rotatable bonds is 3. The SMILES string of the molecule is NC1CCN(Cc2cc3c(-c4cc5ccccc5o4)cncc3c(F)c2F)CC1. The number of aromatic nitrogens is 1. The Hall–Kier alpha value is -2.83. The van der Waals surface area contributed by atoms with Crippen molar-refractivity contribution in [3.8, 4) is 11.3 Å². The second-order valence-corrected chi connectivity index (χ2v) is 7.71. The molecular formula is C23H21F2N3O. The van der Waals surface area contributed by atoms with Crippen molar-refractivity contribution in [2.75, 3.05) is 13.1 Å². The van der Waals surface area contributed by atoms with Crippen LogP contribution in [0.15, 0.2) is 53.2 Å². The monoisotopic (exact) mass is 393 g/mol. The minimum Gasteiger partial charge on any atom is -0.456 e. The van der Waals surface area contributed by atoms with E-state index in [1.54, 1.807) is 12.3 Å². The molecule has 4 aromatic rings. The number of pyridine rings is 1. The summed E-state index contributed by atoms with van der Waals surface area (Å²) in [6.07, 6.45) is 4.74. The Morgan fingerprint density at radius 2 is 1.83 bits per heavy atom. The van der Waals surface area contributed by atoms with Crippen molar-refractivity contribution in [3.05, 3.63) is 66.0 Å². The minimum atomic E-state index is -0.864. The molecule has 0 unspecified atom stereocenters. The molecule has 29 heavy (non-hydrogen) atoms. The van der Waals surface area contributed by atoms with Gasteiger partial charge in [-0.25, -0.2) is 8.78 Å². The Bertz CT molecular complexity index is 1160. The molecule has 0 bridgehead atoms. The van der Waals surface area contributed by atoms with Gasteiger partial charge in [0, 0.05) is 46.9 Å². The van der Waals surface area contributed by atoms with Gasteiger partial charge in [-0.2, -0.15) is 0 Å². The highest BCUT2D eigenvalue weighted by Crippen LogP contribution is 2.35. The van der Waals surface area contributed by atoms with Crippen LogP contribution in [-0.2, 0) is 6.54 Å². The average Bonchev–Trinajstić information content (AvgIpc) is 3.17. The molecule has 0 saturated carbocycles. The van der Waals surface area contributed by atoms with Gasteiger partial charge in [0.15, 0.2) is 11.6 Å². The van der Waals surface area contributed by atoms with E-state index in [2.05, 4.69) is 9.88 Å². The molecule has 1 saturated heterocycles. The lowest BCUT2D eigenvalue weighted by Gasteiger charge is -2.30. The van der Waals surface area contributed by atoms with E-state index in [9.17, 15) is 8.78 Å². The maximum absolute atomic E-state index is 14.9. The molecule has 0 atom stereocenters. The third-order valence-corrected chi connectivity index (χ3v) is 5.73. The highest BCUT2D eigenvalue weighted by Gasteiger charge is 2.22. The molecule has 0 amide bonds. The first-order chi connectivity index (χ1) is 14.1. The number of fused-ring (bicyclic) bond motifs is 2. The maximum Gasteiger partial charge on any atom is 0.168 e. The zero-order valence-corrected chi connectivity index (χ0v) is 15.9. The van der Waals surface area contributed by atoms with Gasteiger partial charge >= 0.3 is 0 Å². The normalized spacial score (nSPS) is 16.1. The van der Waals surface area contributed by atoms with Crippen molar-refractivity contribution in [2.24, 2.45) is 5.73 Å². The summed E-state index contributed by atoms with van der Waals surface area (Å²) >= 11 is 0. The molecule has 2 aromatic heterocycles. The molecule has 2 N–H and O–H groups in total. The molecule has 4 nitrogen and oxygen atoms in total. The van der Waals surface area contributed by atoms with Gasteiger partial charge in [0.2, 0.25) is 0 Å². The van der Waals surface area contributed by atoms with E-state index in [0.29, 0.717) is 28.8 Å². The molecule has 5 rings (SSSR count). The number of benzene rings is 2. The third kappa shape index (κ3) is 3.28. The lowest BCUT2D eigenvalue weighted by molar-refractivity contribution is 0.203. The smallest absolute Gasteiger partial charge is 0.168 e. The summed E-state index contributed by atoms with van der Waals surface area (Å²) in [5.41, 5.74) is 7.69. The zero-order valence-electron chi connectivity index (χ0n) is 15.9. The van der Waals surface area contributed by atoms with Crippen LogP contribution in [0.5, 0.6) is 0 Å². The van der Waals surface area contributed by atoms with Gasteiger partial charge in [-0.1, -0.05) is 18.2 Å². The lowest BCUT2D eigenvalue weighted by atomic mass is 10.0. The molecule has 6 heteroatoms. The Morgan fingerprint density at radius 3 is 2.62 bits per heavy atom. The molecule has 0 aliphatic carbocycles. The van der Waals surface area contributed by atoms with Crippen molar-refractivity contribution < 1.29 is 13.2 Å². The van der Waals surface area contributed by atoms with Crippen LogP contribution in [0, 0.1) is 11.6 Å². The van der Waals surface area contributed by atoms with Gasteiger partial charge in [-0.3, -0.25) is 9.88 Å². The van der Waals surface area contributed by atoms with Crippen LogP contribution in [0.25, 0.3) is 33.1 Å². The fourth-order valence-electron chi connectivity index (χ4n) is 4.08.